The summed E-state index contributed by atoms with van der Waals surface area (Å²) in [5.41, 5.74) is 0.503. The normalized spacial score (nSPS) is 26.3. The topological polar surface area (TPSA) is 29.5 Å². The minimum Gasteiger partial charge on any atom is -0.372 e. The average Bonchev–Trinajstić information content (AvgIpc) is 2.59. The molecule has 1 aliphatic carbocycles. The second-order valence-electron chi connectivity index (χ2n) is 4.74. The molecule has 2 aliphatic rings. The standard InChI is InChI=1S/C11H19NO2/c1-9(14-2)10(13)12-7-6-11(8-12)4-3-5-11/h9H,3-8H2,1-2H3. The zero-order chi connectivity index (χ0) is 10.2. The lowest BCUT2D eigenvalue weighted by molar-refractivity contribution is -0.140. The Bertz CT molecular complexity index is 235. The minimum absolute atomic E-state index is 0.163. The number of hydrogen-bond donors (Lipinski definition) is 0. The van der Waals surface area contributed by atoms with E-state index < -0.39 is 0 Å². The summed E-state index contributed by atoms with van der Waals surface area (Å²) in [5.74, 6) is 0.163. The number of ether oxygens (including phenoxy) is 1. The molecule has 1 atom stereocenters. The third kappa shape index (κ3) is 1.54. The highest BCUT2D eigenvalue weighted by Crippen LogP contribution is 2.47. The van der Waals surface area contributed by atoms with Gasteiger partial charge in [-0.05, 0) is 31.6 Å². The number of carbonyl (C=O) groups excluding carboxylic acids is 1. The van der Waals surface area contributed by atoms with Gasteiger partial charge in [-0.2, -0.15) is 0 Å². The lowest BCUT2D eigenvalue weighted by Crippen LogP contribution is -2.40. The number of hydrogen-bond acceptors (Lipinski definition) is 2. The lowest BCUT2D eigenvalue weighted by atomic mass is 9.68. The maximum atomic E-state index is 11.8. The van der Waals surface area contributed by atoms with Crippen molar-refractivity contribution in [3.05, 3.63) is 0 Å². The van der Waals surface area contributed by atoms with E-state index >= 15 is 0 Å². The zero-order valence-corrected chi connectivity index (χ0v) is 9.08. The monoisotopic (exact) mass is 197 g/mol. The predicted molar refractivity (Wildman–Crippen MR) is 54.0 cm³/mol. The van der Waals surface area contributed by atoms with Gasteiger partial charge in [0.15, 0.2) is 0 Å². The molecular weight excluding hydrogens is 178 g/mol. The van der Waals surface area contributed by atoms with Crippen molar-refractivity contribution in [1.29, 1.82) is 0 Å². The van der Waals surface area contributed by atoms with Crippen LogP contribution >= 0.6 is 0 Å². The summed E-state index contributed by atoms with van der Waals surface area (Å²) in [6.45, 7) is 3.74. The Balaban J connectivity index is 1.91. The SMILES string of the molecule is COC(C)C(=O)N1CCC2(CCC2)C1. The van der Waals surface area contributed by atoms with Crippen molar-refractivity contribution >= 4 is 5.91 Å². The number of amides is 1. The van der Waals surface area contributed by atoms with Gasteiger partial charge in [-0.25, -0.2) is 0 Å². The van der Waals surface area contributed by atoms with Crippen molar-refractivity contribution < 1.29 is 9.53 Å². The van der Waals surface area contributed by atoms with Gasteiger partial charge in [0.05, 0.1) is 0 Å². The fraction of sp³-hybridized carbons (Fsp3) is 0.909. The molecule has 0 bridgehead atoms. The van der Waals surface area contributed by atoms with E-state index in [0.717, 1.165) is 13.1 Å². The highest BCUT2D eigenvalue weighted by Gasteiger charge is 2.44. The van der Waals surface area contributed by atoms with Crippen LogP contribution in [0.4, 0.5) is 0 Å². The van der Waals surface area contributed by atoms with Crippen LogP contribution < -0.4 is 0 Å². The van der Waals surface area contributed by atoms with E-state index in [1.54, 1.807) is 7.11 Å². The molecule has 1 aliphatic heterocycles. The van der Waals surface area contributed by atoms with Crippen LogP contribution in [-0.2, 0) is 9.53 Å². The maximum absolute atomic E-state index is 11.8. The van der Waals surface area contributed by atoms with E-state index in [4.69, 9.17) is 4.74 Å². The molecule has 1 unspecified atom stereocenters. The number of likely N-dealkylation sites (tertiary alicyclic amines) is 1. The smallest absolute Gasteiger partial charge is 0.251 e. The number of nitrogens with zero attached hydrogens (tertiary/aromatic N) is 1. The summed E-state index contributed by atoms with van der Waals surface area (Å²) >= 11 is 0. The van der Waals surface area contributed by atoms with Crippen molar-refractivity contribution in [3.63, 3.8) is 0 Å². The third-order valence-corrected chi connectivity index (χ3v) is 3.87. The summed E-state index contributed by atoms with van der Waals surface area (Å²) < 4.78 is 5.05. The molecule has 0 aromatic carbocycles. The number of rotatable bonds is 2. The van der Waals surface area contributed by atoms with Gasteiger partial charge in [0, 0.05) is 20.2 Å². The summed E-state index contributed by atoms with van der Waals surface area (Å²) in [7, 11) is 1.59. The highest BCUT2D eigenvalue weighted by molar-refractivity contribution is 5.80. The maximum Gasteiger partial charge on any atom is 0.251 e. The van der Waals surface area contributed by atoms with Gasteiger partial charge in [0.25, 0.3) is 5.91 Å². The van der Waals surface area contributed by atoms with Crippen LogP contribution in [0.15, 0.2) is 0 Å². The zero-order valence-electron chi connectivity index (χ0n) is 9.08. The van der Waals surface area contributed by atoms with Crippen LogP contribution in [0.3, 0.4) is 0 Å². The molecular formula is C11H19NO2. The molecule has 1 amide bonds. The first-order valence-electron chi connectivity index (χ1n) is 5.48. The van der Waals surface area contributed by atoms with Crippen LogP contribution in [0.2, 0.25) is 0 Å². The summed E-state index contributed by atoms with van der Waals surface area (Å²) in [5, 5.41) is 0. The lowest BCUT2D eigenvalue weighted by Gasteiger charge is -2.38. The van der Waals surface area contributed by atoms with Gasteiger partial charge in [-0.3, -0.25) is 4.79 Å². The van der Waals surface area contributed by atoms with Crippen LogP contribution in [0.1, 0.15) is 32.6 Å². The Morgan fingerprint density at radius 2 is 2.14 bits per heavy atom. The van der Waals surface area contributed by atoms with Gasteiger partial charge < -0.3 is 9.64 Å². The van der Waals surface area contributed by atoms with Crippen molar-refractivity contribution in [2.75, 3.05) is 20.2 Å². The molecule has 14 heavy (non-hydrogen) atoms. The molecule has 80 valence electrons. The second kappa shape index (κ2) is 3.54. The van der Waals surface area contributed by atoms with Gasteiger partial charge in [-0.1, -0.05) is 6.42 Å². The first-order valence-corrected chi connectivity index (χ1v) is 5.48. The Kier molecular flexibility index (Phi) is 2.52. The van der Waals surface area contributed by atoms with Crippen molar-refractivity contribution in [2.24, 2.45) is 5.41 Å². The van der Waals surface area contributed by atoms with Gasteiger partial charge in [-0.15, -0.1) is 0 Å². The van der Waals surface area contributed by atoms with Gasteiger partial charge in [0.1, 0.15) is 6.10 Å². The number of carbonyl (C=O) groups is 1. The summed E-state index contributed by atoms with van der Waals surface area (Å²) in [6.07, 6.45) is 4.91. The highest BCUT2D eigenvalue weighted by atomic mass is 16.5. The summed E-state index contributed by atoms with van der Waals surface area (Å²) in [6, 6.07) is 0. The van der Waals surface area contributed by atoms with Crippen LogP contribution in [0.5, 0.6) is 0 Å². The van der Waals surface area contributed by atoms with Gasteiger partial charge >= 0.3 is 0 Å². The predicted octanol–water partition coefficient (Wildman–Crippen LogP) is 1.42. The molecule has 2 fully saturated rings. The van der Waals surface area contributed by atoms with E-state index in [0.29, 0.717) is 5.41 Å². The minimum atomic E-state index is -0.273. The van der Waals surface area contributed by atoms with Gasteiger partial charge in [0.2, 0.25) is 0 Å². The third-order valence-electron chi connectivity index (χ3n) is 3.87. The second-order valence-corrected chi connectivity index (χ2v) is 4.74. The van der Waals surface area contributed by atoms with Crippen molar-refractivity contribution in [3.8, 4) is 0 Å². The quantitative estimate of drug-likeness (QED) is 0.670. The first kappa shape index (κ1) is 9.97. The molecule has 3 heteroatoms. The molecule has 0 N–H and O–H groups in total. The first-order chi connectivity index (χ1) is 6.67. The van der Waals surface area contributed by atoms with Crippen molar-refractivity contribution in [2.45, 2.75) is 38.7 Å². The van der Waals surface area contributed by atoms with Crippen LogP contribution in [-0.4, -0.2) is 37.1 Å². The van der Waals surface area contributed by atoms with E-state index in [2.05, 4.69) is 0 Å². The van der Waals surface area contributed by atoms with E-state index in [-0.39, 0.29) is 12.0 Å². The molecule has 0 aromatic rings. The largest absolute Gasteiger partial charge is 0.372 e. The molecule has 3 nitrogen and oxygen atoms in total. The average molecular weight is 197 g/mol. The Morgan fingerprint density at radius 3 is 2.57 bits per heavy atom. The molecule has 2 rings (SSSR count). The van der Waals surface area contributed by atoms with E-state index in [9.17, 15) is 4.79 Å². The fourth-order valence-electron chi connectivity index (χ4n) is 2.57. The number of methoxy groups -OCH3 is 1. The Hall–Kier alpha value is -0.570. The fourth-order valence-corrected chi connectivity index (χ4v) is 2.57. The molecule has 0 aromatic heterocycles. The molecule has 1 heterocycles. The molecule has 1 saturated heterocycles. The van der Waals surface area contributed by atoms with E-state index in [1.807, 2.05) is 11.8 Å². The van der Waals surface area contributed by atoms with Crippen molar-refractivity contribution in [1.82, 2.24) is 4.90 Å². The molecule has 0 radical (unpaired) electrons. The molecule has 1 saturated carbocycles. The van der Waals surface area contributed by atoms with Crippen LogP contribution in [0, 0.1) is 5.41 Å². The Morgan fingerprint density at radius 1 is 1.43 bits per heavy atom. The summed E-state index contributed by atoms with van der Waals surface area (Å²) in [4.78, 5) is 13.8. The van der Waals surface area contributed by atoms with Crippen LogP contribution in [0.25, 0.3) is 0 Å². The molecule has 1 spiro atoms. The van der Waals surface area contributed by atoms with E-state index in [1.165, 1.54) is 25.7 Å². The Labute approximate surface area is 85.4 Å².